The van der Waals surface area contributed by atoms with E-state index in [9.17, 15) is 9.59 Å². The van der Waals surface area contributed by atoms with Crippen molar-refractivity contribution in [2.75, 3.05) is 17.3 Å². The Morgan fingerprint density at radius 1 is 0.909 bits per heavy atom. The number of nitrogens with zero attached hydrogens (tertiary/aromatic N) is 5. The lowest BCUT2D eigenvalue weighted by atomic mass is 10.1. The Morgan fingerprint density at radius 3 is 1.97 bits per heavy atom. The van der Waals surface area contributed by atoms with Crippen molar-refractivity contribution in [3.8, 4) is 0 Å². The van der Waals surface area contributed by atoms with E-state index in [1.807, 2.05) is 75.4 Å². The van der Waals surface area contributed by atoms with E-state index in [-0.39, 0.29) is 11.8 Å². The highest BCUT2D eigenvalue weighted by atomic mass is 16.2. The van der Waals surface area contributed by atoms with Crippen LogP contribution in [0.3, 0.4) is 0 Å². The zero-order valence-corrected chi connectivity index (χ0v) is 20.7. The second-order valence-corrected chi connectivity index (χ2v) is 8.60. The summed E-state index contributed by atoms with van der Waals surface area (Å²) in [7, 11) is 5.59. The van der Waals surface area contributed by atoms with E-state index in [2.05, 4.69) is 15.5 Å². The van der Waals surface area contributed by atoms with Gasteiger partial charge in [0.1, 0.15) is 0 Å². The topological polar surface area (TPSA) is 85.1 Å². The van der Waals surface area contributed by atoms with Crippen LogP contribution in [0.1, 0.15) is 46.7 Å². The molecule has 2 heterocycles. The minimum Gasteiger partial charge on any atom is -0.326 e. The van der Waals surface area contributed by atoms with Crippen LogP contribution in [0.5, 0.6) is 0 Å². The number of hydrogen-bond donors (Lipinski definition) is 1. The van der Waals surface area contributed by atoms with Crippen molar-refractivity contribution in [3.63, 3.8) is 0 Å². The fraction of sp³-hybridized carbons (Fsp3) is 0.440. The molecule has 0 bridgehead atoms. The first-order valence-corrected chi connectivity index (χ1v) is 11.2. The van der Waals surface area contributed by atoms with Crippen LogP contribution in [0.4, 0.5) is 11.4 Å². The molecule has 0 unspecified atom stereocenters. The molecule has 0 spiro atoms. The van der Waals surface area contributed by atoms with E-state index in [0.717, 1.165) is 39.6 Å². The Hall–Kier alpha value is -3.42. The van der Waals surface area contributed by atoms with Gasteiger partial charge in [-0.05, 0) is 69.9 Å². The highest BCUT2D eigenvalue weighted by Crippen LogP contribution is 2.21. The molecule has 0 fully saturated rings. The predicted octanol–water partition coefficient (Wildman–Crippen LogP) is 3.55. The summed E-state index contributed by atoms with van der Waals surface area (Å²) in [6.45, 7) is 7.97. The molecule has 1 N–H and O–H groups in total. The normalized spacial score (nSPS) is 11.0. The van der Waals surface area contributed by atoms with E-state index in [1.54, 1.807) is 11.9 Å². The van der Waals surface area contributed by atoms with Gasteiger partial charge in [0.05, 0.1) is 11.4 Å². The zero-order valence-electron chi connectivity index (χ0n) is 20.7. The molecule has 1 aromatic carbocycles. The molecule has 0 aliphatic heterocycles. The molecule has 8 heteroatoms. The van der Waals surface area contributed by atoms with Gasteiger partial charge in [-0.1, -0.05) is 6.07 Å². The monoisotopic (exact) mass is 450 g/mol. The lowest BCUT2D eigenvalue weighted by Crippen LogP contribution is -2.26. The Balaban J connectivity index is 1.58. The van der Waals surface area contributed by atoms with Crippen LogP contribution < -0.4 is 10.2 Å². The lowest BCUT2D eigenvalue weighted by Gasteiger charge is -2.18. The van der Waals surface area contributed by atoms with Gasteiger partial charge >= 0.3 is 0 Å². The summed E-state index contributed by atoms with van der Waals surface area (Å²) < 4.78 is 3.69. The van der Waals surface area contributed by atoms with E-state index >= 15 is 0 Å². The smallest absolute Gasteiger partial charge is 0.227 e. The SMILES string of the molecule is Cc1nn(C)c(C)c1CCC(=O)Nc1cccc(N(C)C(=O)CCc2c(C)nn(C)c2C)c1. The molecule has 0 saturated carbocycles. The number of anilines is 2. The fourth-order valence-corrected chi connectivity index (χ4v) is 4.16. The predicted molar refractivity (Wildman–Crippen MR) is 130 cm³/mol. The molecule has 176 valence electrons. The third-order valence-corrected chi connectivity index (χ3v) is 6.40. The Kier molecular flexibility index (Phi) is 7.36. The van der Waals surface area contributed by atoms with Crippen LogP contribution in [0.15, 0.2) is 24.3 Å². The van der Waals surface area contributed by atoms with Crippen molar-refractivity contribution in [1.29, 1.82) is 0 Å². The van der Waals surface area contributed by atoms with Crippen molar-refractivity contribution in [2.45, 2.75) is 53.4 Å². The number of benzene rings is 1. The average Bonchev–Trinajstić information content (AvgIpc) is 3.16. The molecule has 3 aromatic rings. The zero-order chi connectivity index (χ0) is 24.3. The van der Waals surface area contributed by atoms with E-state index < -0.39 is 0 Å². The quantitative estimate of drug-likeness (QED) is 0.569. The molecular weight excluding hydrogens is 416 g/mol. The Bertz CT molecular complexity index is 1170. The summed E-state index contributed by atoms with van der Waals surface area (Å²) >= 11 is 0. The van der Waals surface area contributed by atoms with Crippen molar-refractivity contribution in [1.82, 2.24) is 19.6 Å². The molecule has 0 saturated heterocycles. The summed E-state index contributed by atoms with van der Waals surface area (Å²) in [6, 6.07) is 7.38. The van der Waals surface area contributed by atoms with Crippen LogP contribution in [-0.2, 0) is 36.5 Å². The maximum atomic E-state index is 12.8. The van der Waals surface area contributed by atoms with Crippen LogP contribution in [0.25, 0.3) is 0 Å². The van der Waals surface area contributed by atoms with Gasteiger partial charge < -0.3 is 10.2 Å². The number of rotatable bonds is 8. The summed E-state index contributed by atoms with van der Waals surface area (Å²) in [5, 5.41) is 11.8. The molecular formula is C25H34N6O2. The minimum atomic E-state index is -0.0636. The number of carbonyl (C=O) groups excluding carboxylic acids is 2. The fourth-order valence-electron chi connectivity index (χ4n) is 4.16. The van der Waals surface area contributed by atoms with Crippen molar-refractivity contribution >= 4 is 23.2 Å². The third-order valence-electron chi connectivity index (χ3n) is 6.40. The molecule has 8 nitrogen and oxygen atoms in total. The summed E-state index contributed by atoms with van der Waals surface area (Å²) in [5.74, 6) is -0.0463. The van der Waals surface area contributed by atoms with Crippen LogP contribution in [0.2, 0.25) is 0 Å². The van der Waals surface area contributed by atoms with E-state index in [0.29, 0.717) is 31.4 Å². The number of carbonyl (C=O) groups is 2. The first-order valence-electron chi connectivity index (χ1n) is 11.2. The van der Waals surface area contributed by atoms with E-state index in [1.165, 1.54) is 0 Å². The van der Waals surface area contributed by atoms with Gasteiger partial charge in [-0.25, -0.2) is 0 Å². The van der Waals surface area contributed by atoms with Gasteiger partial charge in [-0.3, -0.25) is 19.0 Å². The summed E-state index contributed by atoms with van der Waals surface area (Å²) in [5.41, 5.74) is 7.76. The lowest BCUT2D eigenvalue weighted by molar-refractivity contribution is -0.118. The number of hydrogen-bond acceptors (Lipinski definition) is 4. The molecule has 3 rings (SSSR count). The highest BCUT2D eigenvalue weighted by molar-refractivity contribution is 5.95. The average molecular weight is 451 g/mol. The maximum absolute atomic E-state index is 12.8. The van der Waals surface area contributed by atoms with Crippen molar-refractivity contribution in [2.24, 2.45) is 14.1 Å². The van der Waals surface area contributed by atoms with Crippen molar-refractivity contribution in [3.05, 3.63) is 58.2 Å². The molecule has 0 atom stereocenters. The second-order valence-electron chi connectivity index (χ2n) is 8.60. The van der Waals surface area contributed by atoms with Crippen LogP contribution in [-0.4, -0.2) is 38.4 Å². The first-order chi connectivity index (χ1) is 15.6. The highest BCUT2D eigenvalue weighted by Gasteiger charge is 2.16. The standard InChI is InChI=1S/C25H34N6O2/c1-16-22(18(3)30(6)27-16)11-13-24(32)26-20-9-8-10-21(15-20)29(5)25(33)14-12-23-17(2)28-31(7)19(23)4/h8-10,15H,11-14H2,1-7H3,(H,26,32). The molecule has 0 aliphatic rings. The molecule has 2 aromatic heterocycles. The van der Waals surface area contributed by atoms with Gasteiger partial charge in [0.2, 0.25) is 11.8 Å². The van der Waals surface area contributed by atoms with Gasteiger partial charge in [0, 0.05) is 56.7 Å². The number of aromatic nitrogens is 4. The first kappa shape index (κ1) is 24.2. The Labute approximate surface area is 195 Å². The third kappa shape index (κ3) is 5.50. The van der Waals surface area contributed by atoms with Crippen LogP contribution >= 0.6 is 0 Å². The minimum absolute atomic E-state index is 0.0173. The van der Waals surface area contributed by atoms with Gasteiger partial charge in [-0.2, -0.15) is 10.2 Å². The summed E-state index contributed by atoms with van der Waals surface area (Å²) in [6.07, 6.45) is 2.06. The largest absolute Gasteiger partial charge is 0.326 e. The molecule has 0 radical (unpaired) electrons. The molecule has 33 heavy (non-hydrogen) atoms. The molecule has 2 amide bonds. The number of amides is 2. The maximum Gasteiger partial charge on any atom is 0.227 e. The molecule has 0 aliphatic carbocycles. The van der Waals surface area contributed by atoms with Crippen molar-refractivity contribution < 1.29 is 9.59 Å². The van der Waals surface area contributed by atoms with Crippen LogP contribution in [0, 0.1) is 27.7 Å². The second kappa shape index (κ2) is 10.0. The number of nitrogens with one attached hydrogen (secondary N) is 1. The van der Waals surface area contributed by atoms with Gasteiger partial charge in [0.15, 0.2) is 0 Å². The van der Waals surface area contributed by atoms with E-state index in [4.69, 9.17) is 0 Å². The van der Waals surface area contributed by atoms with Gasteiger partial charge in [-0.15, -0.1) is 0 Å². The van der Waals surface area contributed by atoms with Gasteiger partial charge in [0.25, 0.3) is 0 Å². The number of aryl methyl sites for hydroxylation is 4. The summed E-state index contributed by atoms with van der Waals surface area (Å²) in [4.78, 5) is 27.0. The Morgan fingerprint density at radius 2 is 1.45 bits per heavy atom.